The van der Waals surface area contributed by atoms with Gasteiger partial charge in [-0.25, -0.2) is 0 Å². The van der Waals surface area contributed by atoms with Crippen molar-refractivity contribution in [2.75, 3.05) is 0 Å². The summed E-state index contributed by atoms with van der Waals surface area (Å²) in [5.74, 6) is 0. The van der Waals surface area contributed by atoms with Crippen molar-refractivity contribution in [2.24, 2.45) is 0 Å². The summed E-state index contributed by atoms with van der Waals surface area (Å²) in [6, 6.07) is 21.2. The lowest BCUT2D eigenvalue weighted by atomic mass is 9.91. The quantitative estimate of drug-likeness (QED) is 0.619. The second kappa shape index (κ2) is 6.75. The van der Waals surface area contributed by atoms with E-state index in [0.717, 1.165) is 6.42 Å². The van der Waals surface area contributed by atoms with Crippen LogP contribution in [0.15, 0.2) is 72.8 Å². The van der Waals surface area contributed by atoms with Crippen molar-refractivity contribution in [3.8, 4) is 0 Å². The third-order valence-electron chi connectivity index (χ3n) is 3.16. The van der Waals surface area contributed by atoms with Crippen LogP contribution in [-0.4, -0.2) is 0 Å². The van der Waals surface area contributed by atoms with Gasteiger partial charge in [-0.1, -0.05) is 79.7 Å². The first kappa shape index (κ1) is 13.4. The number of rotatable bonds is 4. The molecule has 0 atom stereocenters. The summed E-state index contributed by atoms with van der Waals surface area (Å²) in [4.78, 5) is 0. The highest BCUT2D eigenvalue weighted by molar-refractivity contribution is 6.04. The van der Waals surface area contributed by atoms with Crippen molar-refractivity contribution in [3.63, 3.8) is 0 Å². The fraction of sp³-hybridized carbons (Fsp3) is 0.158. The van der Waals surface area contributed by atoms with Crippen LogP contribution < -0.4 is 0 Å². The molecule has 0 spiro atoms. The summed E-state index contributed by atoms with van der Waals surface area (Å²) in [5, 5.41) is 0. The molecule has 2 aromatic carbocycles. The van der Waals surface area contributed by atoms with E-state index >= 15 is 0 Å². The lowest BCUT2D eigenvalue weighted by molar-refractivity contribution is 1.23. The minimum absolute atomic E-state index is 1.04. The van der Waals surface area contributed by atoms with Gasteiger partial charge in [0.25, 0.3) is 0 Å². The van der Waals surface area contributed by atoms with Crippen LogP contribution in [0, 0.1) is 0 Å². The molecule has 0 aliphatic heterocycles. The van der Waals surface area contributed by atoms with Gasteiger partial charge < -0.3 is 0 Å². The largest absolute Gasteiger partial charge is 0.0792 e. The number of hydrogen-bond acceptors (Lipinski definition) is 0. The molecule has 0 saturated heterocycles. The highest BCUT2D eigenvalue weighted by atomic mass is 14.1. The van der Waals surface area contributed by atoms with Crippen molar-refractivity contribution >= 4 is 11.1 Å². The average Bonchev–Trinajstić information content (AvgIpc) is 2.49. The summed E-state index contributed by atoms with van der Waals surface area (Å²) in [6.45, 7) is 4.29. The Labute approximate surface area is 116 Å². The van der Waals surface area contributed by atoms with E-state index in [2.05, 4.69) is 86.7 Å². The molecule has 0 amide bonds. The molecule has 0 aromatic heterocycles. The van der Waals surface area contributed by atoms with Gasteiger partial charge in [0.2, 0.25) is 0 Å². The molecule has 19 heavy (non-hydrogen) atoms. The summed E-state index contributed by atoms with van der Waals surface area (Å²) in [7, 11) is 0. The van der Waals surface area contributed by atoms with E-state index < -0.39 is 0 Å². The Kier molecular flexibility index (Phi) is 4.74. The maximum atomic E-state index is 2.30. The molecule has 0 nitrogen and oxygen atoms in total. The second-order valence-corrected chi connectivity index (χ2v) is 4.46. The zero-order valence-corrected chi connectivity index (χ0v) is 11.6. The van der Waals surface area contributed by atoms with E-state index in [1.54, 1.807) is 0 Å². The molecular formula is C19H20. The number of benzene rings is 2. The van der Waals surface area contributed by atoms with Crippen LogP contribution in [0.4, 0.5) is 0 Å². The molecule has 0 unspecified atom stereocenters. The molecule has 0 saturated carbocycles. The molecule has 0 bridgehead atoms. The fourth-order valence-corrected chi connectivity index (χ4v) is 2.30. The Morgan fingerprint density at radius 2 is 1.26 bits per heavy atom. The summed E-state index contributed by atoms with van der Waals surface area (Å²) in [6.07, 6.45) is 5.54. The van der Waals surface area contributed by atoms with Crippen molar-refractivity contribution in [3.05, 3.63) is 83.9 Å². The molecule has 0 N–H and O–H groups in total. The normalized spacial score (nSPS) is 12.5. The standard InChI is InChI=1S/C19H20/c1-3-11-19(17-14-9-6-10-15-17)18(4-2)16-12-7-5-8-13-16/h4-15H,3H2,1-2H3/b18-4-,19-11-. The van der Waals surface area contributed by atoms with Gasteiger partial charge in [0.1, 0.15) is 0 Å². The monoisotopic (exact) mass is 248 g/mol. The van der Waals surface area contributed by atoms with Crippen molar-refractivity contribution in [2.45, 2.75) is 20.3 Å². The molecule has 0 radical (unpaired) electrons. The average molecular weight is 248 g/mol. The molecule has 2 aromatic rings. The zero-order valence-electron chi connectivity index (χ0n) is 11.6. The topological polar surface area (TPSA) is 0 Å². The molecule has 96 valence electrons. The van der Waals surface area contributed by atoms with Crippen LogP contribution in [0.25, 0.3) is 11.1 Å². The van der Waals surface area contributed by atoms with E-state index in [-0.39, 0.29) is 0 Å². The Balaban J connectivity index is 2.48. The van der Waals surface area contributed by atoms with Gasteiger partial charge in [0.15, 0.2) is 0 Å². The molecule has 0 heteroatoms. The van der Waals surface area contributed by atoms with Crippen LogP contribution in [0.2, 0.25) is 0 Å². The first-order valence-corrected chi connectivity index (χ1v) is 6.84. The maximum absolute atomic E-state index is 2.30. The Morgan fingerprint density at radius 3 is 1.68 bits per heavy atom. The molecule has 0 aliphatic carbocycles. The van der Waals surface area contributed by atoms with Crippen LogP contribution in [0.5, 0.6) is 0 Å². The zero-order chi connectivity index (χ0) is 13.5. The fourth-order valence-electron chi connectivity index (χ4n) is 2.30. The van der Waals surface area contributed by atoms with Gasteiger partial charge in [0, 0.05) is 0 Å². The third-order valence-corrected chi connectivity index (χ3v) is 3.16. The third kappa shape index (κ3) is 3.23. The Bertz CT molecular complexity index is 560. The van der Waals surface area contributed by atoms with Crippen LogP contribution in [0.1, 0.15) is 31.4 Å². The second-order valence-electron chi connectivity index (χ2n) is 4.46. The van der Waals surface area contributed by atoms with Crippen molar-refractivity contribution in [1.82, 2.24) is 0 Å². The first-order valence-electron chi connectivity index (χ1n) is 6.84. The van der Waals surface area contributed by atoms with Gasteiger partial charge >= 0.3 is 0 Å². The van der Waals surface area contributed by atoms with E-state index in [1.165, 1.54) is 22.3 Å². The van der Waals surface area contributed by atoms with Crippen molar-refractivity contribution < 1.29 is 0 Å². The van der Waals surface area contributed by atoms with Crippen LogP contribution in [0.3, 0.4) is 0 Å². The van der Waals surface area contributed by atoms with E-state index in [4.69, 9.17) is 0 Å². The molecular weight excluding hydrogens is 228 g/mol. The lowest BCUT2D eigenvalue weighted by Crippen LogP contribution is -1.90. The van der Waals surface area contributed by atoms with Gasteiger partial charge in [-0.3, -0.25) is 0 Å². The van der Waals surface area contributed by atoms with Gasteiger partial charge in [-0.2, -0.15) is 0 Å². The Morgan fingerprint density at radius 1 is 0.789 bits per heavy atom. The van der Waals surface area contributed by atoms with Gasteiger partial charge in [-0.05, 0) is 35.6 Å². The summed E-state index contributed by atoms with van der Waals surface area (Å²) in [5.41, 5.74) is 5.17. The minimum atomic E-state index is 1.04. The molecule has 0 fully saturated rings. The van der Waals surface area contributed by atoms with E-state index in [0.29, 0.717) is 0 Å². The molecule has 2 rings (SSSR count). The maximum Gasteiger partial charge on any atom is -0.0149 e. The van der Waals surface area contributed by atoms with Gasteiger partial charge in [0.05, 0.1) is 0 Å². The number of hydrogen-bond donors (Lipinski definition) is 0. The van der Waals surface area contributed by atoms with Gasteiger partial charge in [-0.15, -0.1) is 0 Å². The van der Waals surface area contributed by atoms with Crippen LogP contribution >= 0.6 is 0 Å². The number of allylic oxidation sites excluding steroid dienone is 4. The molecule has 0 aliphatic rings. The van der Waals surface area contributed by atoms with E-state index in [1.807, 2.05) is 0 Å². The highest BCUT2D eigenvalue weighted by Crippen LogP contribution is 2.31. The lowest BCUT2D eigenvalue weighted by Gasteiger charge is -2.13. The summed E-state index contributed by atoms with van der Waals surface area (Å²) < 4.78 is 0. The highest BCUT2D eigenvalue weighted by Gasteiger charge is 2.08. The SMILES string of the molecule is C/C=C(\C(=C/CC)c1ccccc1)c1ccccc1. The minimum Gasteiger partial charge on any atom is -0.0792 e. The summed E-state index contributed by atoms with van der Waals surface area (Å²) >= 11 is 0. The predicted octanol–water partition coefficient (Wildman–Crippen LogP) is 5.58. The van der Waals surface area contributed by atoms with Crippen molar-refractivity contribution in [1.29, 1.82) is 0 Å². The molecule has 0 heterocycles. The van der Waals surface area contributed by atoms with E-state index in [9.17, 15) is 0 Å². The predicted molar refractivity (Wildman–Crippen MR) is 84.8 cm³/mol. The Hall–Kier alpha value is -2.08. The van der Waals surface area contributed by atoms with Crippen LogP contribution in [-0.2, 0) is 0 Å². The first-order chi connectivity index (χ1) is 9.36. The smallest absolute Gasteiger partial charge is 0.0149 e.